The lowest BCUT2D eigenvalue weighted by Gasteiger charge is -2.23. The van der Waals surface area contributed by atoms with Crippen LogP contribution in [0, 0.1) is 6.92 Å². The maximum absolute atomic E-state index is 6.04. The van der Waals surface area contributed by atoms with Crippen molar-refractivity contribution in [1.29, 1.82) is 0 Å². The lowest BCUT2D eigenvalue weighted by Crippen LogP contribution is -2.28. The zero-order valence-electron chi connectivity index (χ0n) is 12.8. The maximum Gasteiger partial charge on any atom is 0.0976 e. The van der Waals surface area contributed by atoms with Crippen molar-refractivity contribution in [2.75, 3.05) is 33.5 Å². The van der Waals surface area contributed by atoms with Gasteiger partial charge in [-0.15, -0.1) is 0 Å². The highest BCUT2D eigenvalue weighted by atomic mass is 16.5. The lowest BCUT2D eigenvalue weighted by molar-refractivity contribution is -0.00787. The van der Waals surface area contributed by atoms with Crippen LogP contribution in [0.25, 0.3) is 0 Å². The minimum Gasteiger partial charge on any atom is -0.385 e. The van der Waals surface area contributed by atoms with Crippen LogP contribution < -0.4 is 5.73 Å². The molecule has 1 rings (SSSR count). The fourth-order valence-corrected chi connectivity index (χ4v) is 2.07. The second-order valence-corrected chi connectivity index (χ2v) is 4.97. The summed E-state index contributed by atoms with van der Waals surface area (Å²) >= 11 is 0. The third-order valence-corrected chi connectivity index (χ3v) is 3.13. The van der Waals surface area contributed by atoms with Crippen molar-refractivity contribution in [2.24, 2.45) is 5.73 Å². The monoisotopic (exact) mass is 281 g/mol. The summed E-state index contributed by atoms with van der Waals surface area (Å²) < 4.78 is 16.3. The number of hydrogen-bond donors (Lipinski definition) is 1. The van der Waals surface area contributed by atoms with Crippen LogP contribution in [-0.2, 0) is 14.2 Å². The molecule has 0 saturated heterocycles. The predicted octanol–water partition coefficient (Wildman–Crippen LogP) is 2.45. The summed E-state index contributed by atoms with van der Waals surface area (Å²) in [6, 6.07) is 8.14. The zero-order chi connectivity index (χ0) is 14.8. The van der Waals surface area contributed by atoms with E-state index in [2.05, 4.69) is 19.1 Å². The SMILES string of the molecule is COCCCOCCOC(c1ccccc1C)C(C)N. The first kappa shape index (κ1) is 17.1. The van der Waals surface area contributed by atoms with E-state index in [0.717, 1.165) is 18.6 Å². The van der Waals surface area contributed by atoms with Crippen LogP contribution in [0.1, 0.15) is 30.6 Å². The van der Waals surface area contributed by atoms with Crippen LogP contribution in [0.3, 0.4) is 0 Å². The highest BCUT2D eigenvalue weighted by Crippen LogP contribution is 2.23. The first-order valence-corrected chi connectivity index (χ1v) is 7.16. The maximum atomic E-state index is 6.04. The molecule has 0 heterocycles. The summed E-state index contributed by atoms with van der Waals surface area (Å²) in [4.78, 5) is 0. The Morgan fingerprint density at radius 1 is 1.10 bits per heavy atom. The molecular weight excluding hydrogens is 254 g/mol. The van der Waals surface area contributed by atoms with Gasteiger partial charge in [-0.3, -0.25) is 0 Å². The van der Waals surface area contributed by atoms with Crippen molar-refractivity contribution in [3.05, 3.63) is 35.4 Å². The van der Waals surface area contributed by atoms with Gasteiger partial charge in [-0.2, -0.15) is 0 Å². The average Bonchev–Trinajstić information content (AvgIpc) is 2.43. The molecule has 20 heavy (non-hydrogen) atoms. The summed E-state index contributed by atoms with van der Waals surface area (Å²) in [5.41, 5.74) is 8.39. The Hall–Kier alpha value is -0.940. The topological polar surface area (TPSA) is 53.7 Å². The van der Waals surface area contributed by atoms with Gasteiger partial charge in [-0.05, 0) is 31.4 Å². The van der Waals surface area contributed by atoms with Crippen LogP contribution in [0.15, 0.2) is 24.3 Å². The molecule has 0 fully saturated rings. The van der Waals surface area contributed by atoms with E-state index >= 15 is 0 Å². The highest BCUT2D eigenvalue weighted by Gasteiger charge is 2.18. The zero-order valence-corrected chi connectivity index (χ0v) is 12.8. The molecule has 4 nitrogen and oxygen atoms in total. The summed E-state index contributed by atoms with van der Waals surface area (Å²) in [6.07, 6.45) is 0.823. The Labute approximate surface area is 122 Å². The molecule has 1 aromatic rings. The lowest BCUT2D eigenvalue weighted by atomic mass is 9.99. The van der Waals surface area contributed by atoms with E-state index < -0.39 is 0 Å². The summed E-state index contributed by atoms with van der Waals surface area (Å²) in [7, 11) is 1.69. The number of nitrogens with two attached hydrogens (primary N) is 1. The molecule has 0 amide bonds. The second-order valence-electron chi connectivity index (χ2n) is 4.97. The number of ether oxygens (including phenoxy) is 3. The molecule has 0 radical (unpaired) electrons. The number of aryl methyl sites for hydroxylation is 1. The minimum atomic E-state index is -0.0845. The number of hydrogen-bond acceptors (Lipinski definition) is 4. The molecule has 0 aliphatic carbocycles. The third-order valence-electron chi connectivity index (χ3n) is 3.13. The van der Waals surface area contributed by atoms with Crippen molar-refractivity contribution >= 4 is 0 Å². The fraction of sp³-hybridized carbons (Fsp3) is 0.625. The van der Waals surface area contributed by atoms with E-state index in [-0.39, 0.29) is 12.1 Å². The van der Waals surface area contributed by atoms with E-state index in [4.69, 9.17) is 19.9 Å². The quantitative estimate of drug-likeness (QED) is 0.669. The van der Waals surface area contributed by atoms with Crippen molar-refractivity contribution in [2.45, 2.75) is 32.4 Å². The van der Waals surface area contributed by atoms with E-state index in [9.17, 15) is 0 Å². The third kappa shape index (κ3) is 6.01. The molecule has 2 unspecified atom stereocenters. The Morgan fingerprint density at radius 2 is 1.85 bits per heavy atom. The van der Waals surface area contributed by atoms with Crippen molar-refractivity contribution in [3.8, 4) is 0 Å². The van der Waals surface area contributed by atoms with Crippen LogP contribution in [0.5, 0.6) is 0 Å². The molecule has 114 valence electrons. The van der Waals surface area contributed by atoms with Gasteiger partial charge in [0.2, 0.25) is 0 Å². The van der Waals surface area contributed by atoms with Gasteiger partial charge in [0.1, 0.15) is 0 Å². The molecule has 2 N–H and O–H groups in total. The summed E-state index contributed by atoms with van der Waals surface area (Å²) in [5.74, 6) is 0. The Balaban J connectivity index is 2.36. The predicted molar refractivity (Wildman–Crippen MR) is 80.8 cm³/mol. The molecule has 0 aromatic heterocycles. The molecule has 1 aromatic carbocycles. The van der Waals surface area contributed by atoms with Crippen LogP contribution in [0.4, 0.5) is 0 Å². The fourth-order valence-electron chi connectivity index (χ4n) is 2.07. The Kier molecular flexibility index (Phi) is 8.46. The van der Waals surface area contributed by atoms with E-state index in [1.54, 1.807) is 7.11 Å². The second kappa shape index (κ2) is 9.88. The standard InChI is InChI=1S/C16H27NO3/c1-13-7-4-5-8-15(13)16(14(2)17)20-12-11-19-10-6-9-18-3/h4-5,7-8,14,16H,6,9-12,17H2,1-3H3. The number of rotatable bonds is 10. The van der Waals surface area contributed by atoms with Gasteiger partial charge in [0, 0.05) is 26.4 Å². The molecule has 0 spiro atoms. The first-order valence-electron chi connectivity index (χ1n) is 7.16. The average molecular weight is 281 g/mol. The van der Waals surface area contributed by atoms with Gasteiger partial charge in [0.15, 0.2) is 0 Å². The largest absolute Gasteiger partial charge is 0.385 e. The van der Waals surface area contributed by atoms with Crippen LogP contribution in [-0.4, -0.2) is 39.6 Å². The highest BCUT2D eigenvalue weighted by molar-refractivity contribution is 5.28. The van der Waals surface area contributed by atoms with Gasteiger partial charge in [-0.1, -0.05) is 24.3 Å². The van der Waals surface area contributed by atoms with E-state index in [0.29, 0.717) is 19.8 Å². The molecule has 4 heteroatoms. The molecule has 2 atom stereocenters. The number of methoxy groups -OCH3 is 1. The number of benzene rings is 1. The van der Waals surface area contributed by atoms with Gasteiger partial charge < -0.3 is 19.9 Å². The van der Waals surface area contributed by atoms with Gasteiger partial charge in [0.05, 0.1) is 19.3 Å². The molecule has 0 aliphatic rings. The molecule has 0 saturated carbocycles. The van der Waals surface area contributed by atoms with Gasteiger partial charge in [-0.25, -0.2) is 0 Å². The van der Waals surface area contributed by atoms with Crippen molar-refractivity contribution in [1.82, 2.24) is 0 Å². The van der Waals surface area contributed by atoms with Crippen LogP contribution >= 0.6 is 0 Å². The Bertz CT molecular complexity index is 368. The smallest absolute Gasteiger partial charge is 0.0976 e. The minimum absolute atomic E-state index is 0.0513. The summed E-state index contributed by atoms with van der Waals surface area (Å²) in [6.45, 7) is 6.61. The van der Waals surface area contributed by atoms with Gasteiger partial charge in [0.25, 0.3) is 0 Å². The summed E-state index contributed by atoms with van der Waals surface area (Å²) in [5, 5.41) is 0. The van der Waals surface area contributed by atoms with Crippen LogP contribution in [0.2, 0.25) is 0 Å². The van der Waals surface area contributed by atoms with E-state index in [1.165, 1.54) is 5.56 Å². The van der Waals surface area contributed by atoms with Crippen molar-refractivity contribution in [3.63, 3.8) is 0 Å². The normalized spacial score (nSPS) is 14.2. The Morgan fingerprint density at radius 3 is 2.50 bits per heavy atom. The molecule has 0 aliphatic heterocycles. The molecule has 0 bridgehead atoms. The molecular formula is C16H27NO3. The van der Waals surface area contributed by atoms with Crippen molar-refractivity contribution < 1.29 is 14.2 Å². The van der Waals surface area contributed by atoms with Gasteiger partial charge >= 0.3 is 0 Å². The first-order chi connectivity index (χ1) is 9.66. The van der Waals surface area contributed by atoms with E-state index in [1.807, 2.05) is 19.1 Å².